The molecule has 1 saturated heterocycles. The van der Waals surface area contributed by atoms with Gasteiger partial charge in [0, 0.05) is 18.5 Å². The molecule has 28 heavy (non-hydrogen) atoms. The van der Waals surface area contributed by atoms with Crippen molar-refractivity contribution in [1.29, 1.82) is 0 Å². The zero-order valence-corrected chi connectivity index (χ0v) is 18.1. The average molecular weight is 401 g/mol. The van der Waals surface area contributed by atoms with Crippen LogP contribution in [0, 0.1) is 17.8 Å². The summed E-state index contributed by atoms with van der Waals surface area (Å²) in [6.07, 6.45) is 0.871. The SMILES string of the molecule is CC[C@H]1OC(=O)CC(=O)[C@H](C)[C@@H](OCC(O)CN)[C@@H](C)CC(C)NCC[C@H]1C. The Kier molecular flexibility index (Phi) is 11.2. The van der Waals surface area contributed by atoms with Crippen molar-refractivity contribution in [3.05, 3.63) is 0 Å². The Hall–Kier alpha value is -1.02. The lowest BCUT2D eigenvalue weighted by Crippen LogP contribution is -2.41. The van der Waals surface area contributed by atoms with Crippen molar-refractivity contribution in [2.45, 2.75) is 84.7 Å². The highest BCUT2D eigenvalue weighted by Crippen LogP contribution is 2.25. The normalized spacial score (nSPS) is 35.1. The lowest BCUT2D eigenvalue weighted by atomic mass is 9.85. The Bertz CT molecular complexity index is 487. The summed E-state index contributed by atoms with van der Waals surface area (Å²) in [4.78, 5) is 25.1. The number of cyclic esters (lactones) is 1. The number of Topliss-reactive ketones (excluding diaryl/α,β-unsaturated/α-hetero) is 1. The number of carbonyl (C=O) groups is 2. The Balaban J connectivity index is 2.96. The quantitative estimate of drug-likeness (QED) is 0.475. The number of aliphatic hydroxyl groups is 1. The van der Waals surface area contributed by atoms with Crippen LogP contribution in [0.4, 0.5) is 0 Å². The number of rotatable bonds is 5. The first-order chi connectivity index (χ1) is 13.2. The zero-order valence-electron chi connectivity index (χ0n) is 18.1. The van der Waals surface area contributed by atoms with Gasteiger partial charge in [0.05, 0.1) is 18.8 Å². The predicted octanol–water partition coefficient (Wildman–Crippen LogP) is 1.65. The molecule has 0 bridgehead atoms. The smallest absolute Gasteiger partial charge is 0.313 e. The van der Waals surface area contributed by atoms with E-state index in [9.17, 15) is 14.7 Å². The molecular weight excluding hydrogens is 360 g/mol. The number of nitrogens with two attached hydrogens (primary N) is 1. The molecule has 0 aliphatic carbocycles. The van der Waals surface area contributed by atoms with E-state index in [2.05, 4.69) is 19.2 Å². The van der Waals surface area contributed by atoms with Gasteiger partial charge in [-0.2, -0.15) is 0 Å². The molecule has 0 saturated carbocycles. The van der Waals surface area contributed by atoms with Crippen LogP contribution < -0.4 is 11.1 Å². The summed E-state index contributed by atoms with van der Waals surface area (Å²) in [6.45, 7) is 11.1. The highest BCUT2D eigenvalue weighted by molar-refractivity contribution is 5.97. The largest absolute Gasteiger partial charge is 0.462 e. The van der Waals surface area contributed by atoms with Gasteiger partial charge in [0.15, 0.2) is 0 Å². The van der Waals surface area contributed by atoms with E-state index in [4.69, 9.17) is 15.2 Å². The molecule has 0 amide bonds. The number of ketones is 1. The summed E-state index contributed by atoms with van der Waals surface area (Å²) in [6, 6.07) is 0.264. The van der Waals surface area contributed by atoms with Crippen molar-refractivity contribution < 1.29 is 24.2 Å². The molecule has 0 aromatic heterocycles. The van der Waals surface area contributed by atoms with Gasteiger partial charge in [-0.15, -0.1) is 0 Å². The highest BCUT2D eigenvalue weighted by Gasteiger charge is 2.33. The fraction of sp³-hybridized carbons (Fsp3) is 0.905. The maximum absolute atomic E-state index is 12.7. The number of ether oxygens (including phenoxy) is 2. The molecule has 1 rings (SSSR count). The van der Waals surface area contributed by atoms with Crippen molar-refractivity contribution in [1.82, 2.24) is 5.32 Å². The minimum atomic E-state index is -0.769. The van der Waals surface area contributed by atoms with Gasteiger partial charge in [0.1, 0.15) is 18.3 Å². The summed E-state index contributed by atoms with van der Waals surface area (Å²) in [5, 5.41) is 13.3. The number of nitrogens with one attached hydrogen (secondary N) is 1. The van der Waals surface area contributed by atoms with Crippen molar-refractivity contribution in [2.24, 2.45) is 23.5 Å². The molecule has 1 aliphatic heterocycles. The first-order valence-electron chi connectivity index (χ1n) is 10.6. The molecule has 1 heterocycles. The van der Waals surface area contributed by atoms with E-state index in [1.54, 1.807) is 6.92 Å². The van der Waals surface area contributed by atoms with Gasteiger partial charge in [-0.05, 0) is 44.6 Å². The van der Waals surface area contributed by atoms with Crippen LogP contribution in [0.3, 0.4) is 0 Å². The van der Waals surface area contributed by atoms with Gasteiger partial charge in [-0.1, -0.05) is 27.7 Å². The standard InChI is InChI=1S/C21H40N2O5/c1-6-19-13(2)7-8-23-15(4)9-14(3)21(27-12-17(24)11-22)16(5)18(25)10-20(26)28-19/h13-17,19,21,23-24H,6-12,22H2,1-5H3/t13-,14+,15?,16+,17?,19-,21+/m1/s1. The van der Waals surface area contributed by atoms with Gasteiger partial charge < -0.3 is 25.6 Å². The molecule has 0 aromatic rings. The molecule has 0 aromatic carbocycles. The van der Waals surface area contributed by atoms with Crippen LogP contribution in [0.5, 0.6) is 0 Å². The minimum absolute atomic E-state index is 0.0742. The van der Waals surface area contributed by atoms with Gasteiger partial charge in [-0.25, -0.2) is 0 Å². The van der Waals surface area contributed by atoms with E-state index in [1.807, 2.05) is 13.8 Å². The Morgan fingerprint density at radius 2 is 1.93 bits per heavy atom. The molecule has 0 radical (unpaired) electrons. The first-order valence-corrected chi connectivity index (χ1v) is 10.6. The minimum Gasteiger partial charge on any atom is -0.462 e. The van der Waals surface area contributed by atoms with E-state index in [0.717, 1.165) is 25.8 Å². The molecule has 2 unspecified atom stereocenters. The molecule has 7 atom stereocenters. The number of hydrogen-bond donors (Lipinski definition) is 3. The maximum Gasteiger partial charge on any atom is 0.313 e. The summed E-state index contributed by atoms with van der Waals surface area (Å²) in [5.74, 6) is -0.826. The van der Waals surface area contributed by atoms with E-state index < -0.39 is 24.1 Å². The monoisotopic (exact) mass is 400 g/mol. The van der Waals surface area contributed by atoms with Crippen LogP contribution in [0.2, 0.25) is 0 Å². The van der Waals surface area contributed by atoms with E-state index in [0.29, 0.717) is 0 Å². The van der Waals surface area contributed by atoms with E-state index in [1.165, 1.54) is 0 Å². The lowest BCUT2D eigenvalue weighted by Gasteiger charge is -2.32. The highest BCUT2D eigenvalue weighted by atomic mass is 16.5. The van der Waals surface area contributed by atoms with Crippen LogP contribution in [0.15, 0.2) is 0 Å². The van der Waals surface area contributed by atoms with Gasteiger partial charge in [-0.3, -0.25) is 9.59 Å². The molecule has 1 fully saturated rings. The van der Waals surface area contributed by atoms with Crippen LogP contribution in [-0.4, -0.2) is 60.9 Å². The van der Waals surface area contributed by atoms with Crippen molar-refractivity contribution in [2.75, 3.05) is 19.7 Å². The second kappa shape index (κ2) is 12.5. The Labute approximate surface area is 169 Å². The number of hydrogen-bond acceptors (Lipinski definition) is 7. The molecule has 7 nitrogen and oxygen atoms in total. The van der Waals surface area contributed by atoms with Gasteiger partial charge >= 0.3 is 5.97 Å². The topological polar surface area (TPSA) is 111 Å². The third kappa shape index (κ3) is 8.15. The van der Waals surface area contributed by atoms with Gasteiger partial charge in [0.25, 0.3) is 0 Å². The van der Waals surface area contributed by atoms with Crippen LogP contribution >= 0.6 is 0 Å². The fourth-order valence-corrected chi connectivity index (χ4v) is 3.91. The first kappa shape index (κ1) is 25.0. The van der Waals surface area contributed by atoms with Crippen LogP contribution in [0.1, 0.15) is 60.3 Å². The zero-order chi connectivity index (χ0) is 21.3. The van der Waals surface area contributed by atoms with Crippen molar-refractivity contribution >= 4 is 11.8 Å². The summed E-state index contributed by atoms with van der Waals surface area (Å²) in [5.41, 5.74) is 5.47. The lowest BCUT2D eigenvalue weighted by molar-refractivity contribution is -0.155. The van der Waals surface area contributed by atoms with Crippen LogP contribution in [-0.2, 0) is 19.1 Å². The second-order valence-electron chi connectivity index (χ2n) is 8.39. The molecule has 0 spiro atoms. The fourth-order valence-electron chi connectivity index (χ4n) is 3.91. The second-order valence-corrected chi connectivity index (χ2v) is 8.39. The molecular formula is C21H40N2O5. The summed E-state index contributed by atoms with van der Waals surface area (Å²) >= 11 is 0. The van der Waals surface area contributed by atoms with Crippen molar-refractivity contribution in [3.8, 4) is 0 Å². The predicted molar refractivity (Wildman–Crippen MR) is 109 cm³/mol. The molecule has 164 valence electrons. The Morgan fingerprint density at radius 3 is 2.54 bits per heavy atom. The number of carbonyl (C=O) groups excluding carboxylic acids is 2. The number of esters is 1. The molecule has 4 N–H and O–H groups in total. The van der Waals surface area contributed by atoms with Crippen LogP contribution in [0.25, 0.3) is 0 Å². The Morgan fingerprint density at radius 1 is 1.25 bits per heavy atom. The third-order valence-corrected chi connectivity index (χ3v) is 5.77. The average Bonchev–Trinajstić information content (AvgIpc) is 2.64. The van der Waals surface area contributed by atoms with E-state index >= 15 is 0 Å². The maximum atomic E-state index is 12.7. The van der Waals surface area contributed by atoms with Gasteiger partial charge in [0.2, 0.25) is 0 Å². The van der Waals surface area contributed by atoms with Crippen molar-refractivity contribution in [3.63, 3.8) is 0 Å². The summed E-state index contributed by atoms with van der Waals surface area (Å²) in [7, 11) is 0. The molecule has 7 heteroatoms. The van der Waals surface area contributed by atoms with E-state index in [-0.39, 0.29) is 49.3 Å². The molecule has 1 aliphatic rings. The number of aliphatic hydroxyl groups excluding tert-OH is 1. The summed E-state index contributed by atoms with van der Waals surface area (Å²) < 4.78 is 11.5. The third-order valence-electron chi connectivity index (χ3n) is 5.77.